The van der Waals surface area contributed by atoms with E-state index >= 15 is 0 Å². The molecule has 29 heavy (non-hydrogen) atoms. The predicted octanol–water partition coefficient (Wildman–Crippen LogP) is 2.73. The topological polar surface area (TPSA) is 125 Å². The summed E-state index contributed by atoms with van der Waals surface area (Å²) < 4.78 is 10.2. The Balaban J connectivity index is 1.91. The Bertz CT molecular complexity index is 1000. The van der Waals surface area contributed by atoms with Crippen LogP contribution in [0.15, 0.2) is 42.5 Å². The van der Waals surface area contributed by atoms with E-state index < -0.39 is 28.7 Å². The van der Waals surface area contributed by atoms with Gasteiger partial charge >= 0.3 is 11.9 Å². The number of anilines is 1. The minimum atomic E-state index is -1.03. The summed E-state index contributed by atoms with van der Waals surface area (Å²) >= 11 is 0. The quantitative estimate of drug-likeness (QED) is 0.341. The Kier molecular flexibility index (Phi) is 5.58. The van der Waals surface area contributed by atoms with Gasteiger partial charge in [-0.1, -0.05) is 18.2 Å². The second kappa shape index (κ2) is 8.09. The third-order valence-corrected chi connectivity index (χ3v) is 4.49. The van der Waals surface area contributed by atoms with E-state index in [-0.39, 0.29) is 40.6 Å². The predicted molar refractivity (Wildman–Crippen MR) is 102 cm³/mol. The minimum absolute atomic E-state index is 0.0171. The first-order valence-electron chi connectivity index (χ1n) is 8.83. The fraction of sp³-hybridized carbons (Fsp3) is 0.250. The highest BCUT2D eigenvalue weighted by Gasteiger charge is 2.36. The Morgan fingerprint density at radius 3 is 2.48 bits per heavy atom. The Labute approximate surface area is 165 Å². The fourth-order valence-electron chi connectivity index (χ4n) is 3.06. The first kappa shape index (κ1) is 20.0. The molecule has 0 spiro atoms. The molecule has 2 atom stereocenters. The van der Waals surface area contributed by atoms with E-state index in [4.69, 9.17) is 9.47 Å². The average Bonchev–Trinajstić information content (AvgIpc) is 3.03. The lowest BCUT2D eigenvalue weighted by Crippen LogP contribution is -2.24. The van der Waals surface area contributed by atoms with E-state index in [0.29, 0.717) is 0 Å². The van der Waals surface area contributed by atoms with Gasteiger partial charge in [0.25, 0.3) is 5.69 Å². The van der Waals surface area contributed by atoms with Gasteiger partial charge in [0, 0.05) is 30.7 Å². The molecule has 0 aromatic heterocycles. The SMILES string of the molecule is CNc1ccc(C(=O)c2ccccc2C(=O)O[C@H]2C[C@@H](C)OC2=O)cc1[N+](=O)[O-]. The standard InChI is InChI=1S/C20H18N2O7/c1-11-9-17(20(25)28-11)29-19(24)14-6-4-3-5-13(14)18(23)12-7-8-15(21-2)16(10-12)22(26)27/h3-8,10-11,17,21H,9H2,1-2H3/t11-,17+/m1/s1. The number of nitrogens with zero attached hydrogens (tertiary/aromatic N) is 1. The molecule has 1 fully saturated rings. The smallest absolute Gasteiger partial charge is 0.347 e. The van der Waals surface area contributed by atoms with E-state index in [1.165, 1.54) is 31.3 Å². The van der Waals surface area contributed by atoms with Gasteiger partial charge in [0.2, 0.25) is 6.10 Å². The number of hydrogen-bond acceptors (Lipinski definition) is 8. The number of hydrogen-bond donors (Lipinski definition) is 1. The van der Waals surface area contributed by atoms with Crippen LogP contribution in [0.1, 0.15) is 39.6 Å². The van der Waals surface area contributed by atoms with Crippen LogP contribution < -0.4 is 5.32 Å². The number of benzene rings is 2. The number of nitrogens with one attached hydrogen (secondary N) is 1. The van der Waals surface area contributed by atoms with Crippen molar-refractivity contribution in [3.63, 3.8) is 0 Å². The number of cyclic esters (lactones) is 1. The molecule has 0 radical (unpaired) electrons. The molecular formula is C20H18N2O7. The molecule has 0 amide bonds. The summed E-state index contributed by atoms with van der Waals surface area (Å²) in [5.41, 5.74) is 0.0210. The molecular weight excluding hydrogens is 380 g/mol. The molecule has 9 nitrogen and oxygen atoms in total. The van der Waals surface area contributed by atoms with Gasteiger partial charge in [-0.15, -0.1) is 0 Å². The average molecular weight is 398 g/mol. The number of ether oxygens (including phenoxy) is 2. The second-order valence-corrected chi connectivity index (χ2v) is 6.49. The molecule has 0 bridgehead atoms. The van der Waals surface area contributed by atoms with Crippen molar-refractivity contribution < 1.29 is 28.8 Å². The summed E-state index contributed by atoms with van der Waals surface area (Å²) in [6, 6.07) is 9.93. The van der Waals surface area contributed by atoms with Crippen LogP contribution >= 0.6 is 0 Å². The van der Waals surface area contributed by atoms with Crippen LogP contribution in [0, 0.1) is 10.1 Å². The van der Waals surface area contributed by atoms with Crippen molar-refractivity contribution in [2.75, 3.05) is 12.4 Å². The van der Waals surface area contributed by atoms with Crippen molar-refractivity contribution >= 4 is 29.1 Å². The third-order valence-electron chi connectivity index (χ3n) is 4.49. The van der Waals surface area contributed by atoms with Crippen LogP contribution in [0.4, 0.5) is 11.4 Å². The number of carbonyl (C=O) groups is 3. The molecule has 0 unspecified atom stereocenters. The van der Waals surface area contributed by atoms with Crippen LogP contribution in [0.2, 0.25) is 0 Å². The fourth-order valence-corrected chi connectivity index (χ4v) is 3.06. The summed E-state index contributed by atoms with van der Waals surface area (Å²) in [6.45, 7) is 1.69. The first-order chi connectivity index (χ1) is 13.8. The molecule has 0 saturated carbocycles. The van der Waals surface area contributed by atoms with Gasteiger partial charge in [0.15, 0.2) is 5.78 Å². The molecule has 9 heteroatoms. The second-order valence-electron chi connectivity index (χ2n) is 6.49. The summed E-state index contributed by atoms with van der Waals surface area (Å²) in [6.07, 6.45) is -1.15. The summed E-state index contributed by atoms with van der Waals surface area (Å²) in [5.74, 6) is -2.05. The Morgan fingerprint density at radius 1 is 1.21 bits per heavy atom. The number of nitro groups is 1. The van der Waals surface area contributed by atoms with Gasteiger partial charge < -0.3 is 14.8 Å². The molecule has 1 saturated heterocycles. The number of nitro benzene ring substituents is 1. The van der Waals surface area contributed by atoms with Crippen molar-refractivity contribution in [2.45, 2.75) is 25.6 Å². The zero-order valence-corrected chi connectivity index (χ0v) is 15.7. The third kappa shape index (κ3) is 4.08. The van der Waals surface area contributed by atoms with Gasteiger partial charge in [-0.05, 0) is 25.1 Å². The van der Waals surface area contributed by atoms with Gasteiger partial charge in [0.1, 0.15) is 11.8 Å². The summed E-state index contributed by atoms with van der Waals surface area (Å²) in [7, 11) is 1.53. The van der Waals surface area contributed by atoms with Crippen molar-refractivity contribution in [3.8, 4) is 0 Å². The molecule has 0 aliphatic carbocycles. The Hall–Kier alpha value is -3.75. The molecule has 1 heterocycles. The highest BCUT2D eigenvalue weighted by atomic mass is 16.6. The van der Waals surface area contributed by atoms with Crippen LogP contribution in [0.25, 0.3) is 0 Å². The molecule has 150 valence electrons. The maximum absolute atomic E-state index is 13.0. The molecule has 2 aromatic carbocycles. The van der Waals surface area contributed by atoms with E-state index in [9.17, 15) is 24.5 Å². The molecule has 1 aliphatic rings. The maximum Gasteiger partial charge on any atom is 0.347 e. The Morgan fingerprint density at radius 2 is 1.90 bits per heavy atom. The lowest BCUT2D eigenvalue weighted by atomic mass is 9.97. The van der Waals surface area contributed by atoms with E-state index in [2.05, 4.69) is 5.32 Å². The number of esters is 2. The van der Waals surface area contributed by atoms with Gasteiger partial charge in [0.05, 0.1) is 10.5 Å². The van der Waals surface area contributed by atoms with Crippen LogP contribution in [0.3, 0.4) is 0 Å². The van der Waals surface area contributed by atoms with Crippen molar-refractivity contribution in [1.29, 1.82) is 0 Å². The van der Waals surface area contributed by atoms with Crippen molar-refractivity contribution in [2.24, 2.45) is 0 Å². The molecule has 1 N–H and O–H groups in total. The number of rotatable bonds is 6. The molecule has 2 aromatic rings. The highest BCUT2D eigenvalue weighted by Crippen LogP contribution is 2.27. The normalized spacial score (nSPS) is 18.1. The number of ketones is 1. The lowest BCUT2D eigenvalue weighted by molar-refractivity contribution is -0.384. The van der Waals surface area contributed by atoms with E-state index in [0.717, 1.165) is 6.07 Å². The highest BCUT2D eigenvalue weighted by molar-refractivity contribution is 6.15. The van der Waals surface area contributed by atoms with Gasteiger partial charge in [-0.3, -0.25) is 14.9 Å². The number of carbonyl (C=O) groups excluding carboxylic acids is 3. The molecule has 3 rings (SSSR count). The van der Waals surface area contributed by atoms with E-state index in [1.807, 2.05) is 0 Å². The monoisotopic (exact) mass is 398 g/mol. The summed E-state index contributed by atoms with van der Waals surface area (Å²) in [5, 5.41) is 13.9. The minimum Gasteiger partial charge on any atom is -0.460 e. The van der Waals surface area contributed by atoms with Crippen LogP contribution in [0.5, 0.6) is 0 Å². The van der Waals surface area contributed by atoms with Crippen molar-refractivity contribution in [3.05, 3.63) is 69.3 Å². The van der Waals surface area contributed by atoms with Crippen LogP contribution in [-0.2, 0) is 14.3 Å². The van der Waals surface area contributed by atoms with Crippen LogP contribution in [-0.4, -0.2) is 41.9 Å². The lowest BCUT2D eigenvalue weighted by Gasteiger charge is -2.12. The summed E-state index contributed by atoms with van der Waals surface area (Å²) in [4.78, 5) is 47.9. The maximum atomic E-state index is 13.0. The largest absolute Gasteiger partial charge is 0.460 e. The van der Waals surface area contributed by atoms with Crippen molar-refractivity contribution in [1.82, 2.24) is 0 Å². The molecule has 1 aliphatic heterocycles. The van der Waals surface area contributed by atoms with E-state index in [1.54, 1.807) is 19.1 Å². The zero-order valence-electron chi connectivity index (χ0n) is 15.7. The van der Waals surface area contributed by atoms with Gasteiger partial charge in [-0.2, -0.15) is 0 Å². The van der Waals surface area contributed by atoms with Gasteiger partial charge in [-0.25, -0.2) is 9.59 Å². The first-order valence-corrected chi connectivity index (χ1v) is 8.83. The zero-order chi connectivity index (χ0) is 21.1.